The summed E-state index contributed by atoms with van der Waals surface area (Å²) in [4.78, 5) is 11.0. The molecule has 5 heteroatoms. The van der Waals surface area contributed by atoms with Gasteiger partial charge in [-0.05, 0) is 30.4 Å². The van der Waals surface area contributed by atoms with Gasteiger partial charge < -0.3 is 10.6 Å². The lowest BCUT2D eigenvalue weighted by atomic mass is 9.82. The van der Waals surface area contributed by atoms with Crippen LogP contribution in [-0.2, 0) is 0 Å². The van der Waals surface area contributed by atoms with Crippen molar-refractivity contribution in [2.24, 2.45) is 11.3 Å². The van der Waals surface area contributed by atoms with Crippen LogP contribution >= 0.6 is 0 Å². The summed E-state index contributed by atoms with van der Waals surface area (Å²) < 4.78 is 0. The molecule has 0 fully saturated rings. The molecule has 0 aliphatic carbocycles. The lowest BCUT2D eigenvalue weighted by molar-refractivity contribution is -0.383. The number of hydrogen-bond donors (Lipinski definition) is 2. The molecule has 1 rings (SSSR count). The molecule has 20 heavy (non-hydrogen) atoms. The minimum atomic E-state index is -0.331. The lowest BCUT2D eigenvalue weighted by Crippen LogP contribution is -2.25. The van der Waals surface area contributed by atoms with Gasteiger partial charge in [0.15, 0.2) is 0 Å². The van der Waals surface area contributed by atoms with E-state index in [9.17, 15) is 10.1 Å². The number of benzene rings is 1. The molecule has 0 aromatic heterocycles. The van der Waals surface area contributed by atoms with Gasteiger partial charge in [0.1, 0.15) is 11.4 Å². The Morgan fingerprint density at radius 1 is 1.25 bits per heavy atom. The van der Waals surface area contributed by atoms with Crippen molar-refractivity contribution in [2.75, 3.05) is 23.7 Å². The molecule has 0 heterocycles. The molecule has 0 aliphatic rings. The van der Waals surface area contributed by atoms with Gasteiger partial charge in [-0.3, -0.25) is 10.1 Å². The maximum Gasteiger partial charge on any atom is 0.315 e. The fourth-order valence-corrected chi connectivity index (χ4v) is 1.79. The first-order valence-corrected chi connectivity index (χ1v) is 7.02. The van der Waals surface area contributed by atoms with E-state index in [0.717, 1.165) is 0 Å². The number of nitro groups is 1. The molecular weight excluding hydrogens is 254 g/mol. The van der Waals surface area contributed by atoms with Gasteiger partial charge >= 0.3 is 5.69 Å². The summed E-state index contributed by atoms with van der Waals surface area (Å²) in [7, 11) is 0. The van der Waals surface area contributed by atoms with E-state index in [1.807, 2.05) is 13.0 Å². The van der Waals surface area contributed by atoms with Gasteiger partial charge in [-0.25, -0.2) is 0 Å². The Kier molecular flexibility index (Phi) is 5.36. The van der Waals surface area contributed by atoms with E-state index in [2.05, 4.69) is 38.3 Å². The number of para-hydroxylation sites is 1. The molecular formula is C15H25N3O2. The van der Waals surface area contributed by atoms with Crippen LogP contribution in [0.5, 0.6) is 0 Å². The van der Waals surface area contributed by atoms with Gasteiger partial charge in [0.05, 0.1) is 4.92 Å². The number of hydrogen-bond acceptors (Lipinski definition) is 4. The van der Waals surface area contributed by atoms with E-state index in [1.54, 1.807) is 12.1 Å². The van der Waals surface area contributed by atoms with Crippen molar-refractivity contribution in [3.05, 3.63) is 28.3 Å². The zero-order chi connectivity index (χ0) is 15.3. The fourth-order valence-electron chi connectivity index (χ4n) is 1.79. The Morgan fingerprint density at radius 3 is 2.25 bits per heavy atom. The van der Waals surface area contributed by atoms with Crippen LogP contribution in [0, 0.1) is 21.4 Å². The van der Waals surface area contributed by atoms with Crippen LogP contribution in [-0.4, -0.2) is 18.0 Å². The maximum absolute atomic E-state index is 11.3. The van der Waals surface area contributed by atoms with Gasteiger partial charge in [-0.2, -0.15) is 0 Å². The Morgan fingerprint density at radius 2 is 1.80 bits per heavy atom. The van der Waals surface area contributed by atoms with Crippen molar-refractivity contribution < 1.29 is 4.92 Å². The minimum Gasteiger partial charge on any atom is -0.380 e. The Bertz CT molecular complexity index is 467. The summed E-state index contributed by atoms with van der Waals surface area (Å²) in [5.41, 5.74) is 1.42. The van der Waals surface area contributed by atoms with Gasteiger partial charge in [-0.15, -0.1) is 0 Å². The summed E-state index contributed by atoms with van der Waals surface area (Å²) in [6.45, 7) is 11.9. The largest absolute Gasteiger partial charge is 0.380 e. The Hall–Kier alpha value is -1.78. The van der Waals surface area contributed by atoms with Crippen molar-refractivity contribution in [3.63, 3.8) is 0 Å². The van der Waals surface area contributed by atoms with Crippen LogP contribution in [0.1, 0.15) is 34.6 Å². The topological polar surface area (TPSA) is 67.2 Å². The molecule has 2 N–H and O–H groups in total. The minimum absolute atomic E-state index is 0.121. The fraction of sp³-hybridized carbons (Fsp3) is 0.600. The zero-order valence-corrected chi connectivity index (χ0v) is 13.0. The summed E-state index contributed by atoms with van der Waals surface area (Å²) in [6, 6.07) is 5.32. The third kappa shape index (κ3) is 4.11. The summed E-state index contributed by atoms with van der Waals surface area (Å²) in [6.07, 6.45) is 0. The van der Waals surface area contributed by atoms with Crippen molar-refractivity contribution in [1.29, 1.82) is 0 Å². The molecule has 0 amide bonds. The van der Waals surface area contributed by atoms with E-state index in [0.29, 0.717) is 30.4 Å². The van der Waals surface area contributed by atoms with Crippen molar-refractivity contribution in [1.82, 2.24) is 0 Å². The second-order valence-corrected chi connectivity index (χ2v) is 6.14. The molecule has 0 spiro atoms. The Labute approximate surface area is 120 Å². The smallest absolute Gasteiger partial charge is 0.315 e. The van der Waals surface area contributed by atoms with Crippen LogP contribution < -0.4 is 10.6 Å². The molecule has 1 atom stereocenters. The highest BCUT2D eigenvalue weighted by Gasteiger charge is 2.23. The van der Waals surface area contributed by atoms with Gasteiger partial charge in [0.25, 0.3) is 0 Å². The highest BCUT2D eigenvalue weighted by atomic mass is 16.6. The first-order chi connectivity index (χ1) is 9.27. The summed E-state index contributed by atoms with van der Waals surface area (Å²) in [5, 5.41) is 17.5. The number of rotatable bonds is 6. The van der Waals surface area contributed by atoms with Crippen LogP contribution in [0.25, 0.3) is 0 Å². The quantitative estimate of drug-likeness (QED) is 0.607. The molecule has 112 valence electrons. The van der Waals surface area contributed by atoms with E-state index < -0.39 is 0 Å². The number of anilines is 2. The average Bonchev–Trinajstić information content (AvgIpc) is 2.34. The average molecular weight is 279 g/mol. The van der Waals surface area contributed by atoms with E-state index in [1.165, 1.54) is 0 Å². The number of nitrogens with one attached hydrogen (secondary N) is 2. The van der Waals surface area contributed by atoms with Crippen LogP contribution in [0.2, 0.25) is 0 Å². The summed E-state index contributed by atoms with van der Waals surface area (Å²) >= 11 is 0. The first kappa shape index (κ1) is 16.3. The molecule has 0 saturated heterocycles. The van der Waals surface area contributed by atoms with Crippen LogP contribution in [0.4, 0.5) is 17.1 Å². The predicted molar refractivity (Wildman–Crippen MR) is 84.4 cm³/mol. The summed E-state index contributed by atoms with van der Waals surface area (Å²) in [5.74, 6) is 0.407. The molecule has 1 aromatic rings. The Balaban J connectivity index is 2.95. The maximum atomic E-state index is 11.3. The van der Waals surface area contributed by atoms with E-state index in [-0.39, 0.29) is 16.0 Å². The van der Waals surface area contributed by atoms with E-state index >= 15 is 0 Å². The van der Waals surface area contributed by atoms with Crippen molar-refractivity contribution in [2.45, 2.75) is 34.6 Å². The number of nitrogens with zero attached hydrogens (tertiary/aromatic N) is 1. The molecule has 1 unspecified atom stereocenters. The van der Waals surface area contributed by atoms with Crippen molar-refractivity contribution in [3.8, 4) is 0 Å². The van der Waals surface area contributed by atoms with Crippen molar-refractivity contribution >= 4 is 17.1 Å². The van der Waals surface area contributed by atoms with E-state index in [4.69, 9.17) is 0 Å². The molecule has 0 aliphatic heterocycles. The predicted octanol–water partition coefficient (Wildman–Crippen LogP) is 4.12. The molecule has 1 aromatic carbocycles. The molecule has 0 radical (unpaired) electrons. The van der Waals surface area contributed by atoms with Gasteiger partial charge in [-0.1, -0.05) is 33.8 Å². The lowest BCUT2D eigenvalue weighted by Gasteiger charge is -2.27. The van der Waals surface area contributed by atoms with Crippen LogP contribution in [0.3, 0.4) is 0 Å². The molecule has 5 nitrogen and oxygen atoms in total. The first-order valence-electron chi connectivity index (χ1n) is 7.02. The van der Waals surface area contributed by atoms with Gasteiger partial charge in [0, 0.05) is 13.1 Å². The number of nitro benzene ring substituents is 1. The normalized spacial score (nSPS) is 12.8. The second kappa shape index (κ2) is 6.59. The third-order valence-corrected chi connectivity index (χ3v) is 3.66. The van der Waals surface area contributed by atoms with Gasteiger partial charge in [0.2, 0.25) is 0 Å². The standard InChI is InChI=1S/C15H25N3O2/c1-6-16-12-8-7-9-13(14(12)18(19)20)17-10-11(2)15(3,4)5/h7-9,11,16-17H,6,10H2,1-5H3. The monoisotopic (exact) mass is 279 g/mol. The SMILES string of the molecule is CCNc1cccc(NCC(C)C(C)(C)C)c1[N+](=O)[O-]. The zero-order valence-electron chi connectivity index (χ0n) is 13.0. The third-order valence-electron chi connectivity index (χ3n) is 3.66. The molecule has 0 saturated carbocycles. The highest BCUT2D eigenvalue weighted by Crippen LogP contribution is 2.33. The van der Waals surface area contributed by atoms with Crippen LogP contribution in [0.15, 0.2) is 18.2 Å². The second-order valence-electron chi connectivity index (χ2n) is 6.14. The highest BCUT2D eigenvalue weighted by molar-refractivity contribution is 5.76. The molecule has 0 bridgehead atoms.